The van der Waals surface area contributed by atoms with Crippen molar-refractivity contribution >= 4 is 17.3 Å². The van der Waals surface area contributed by atoms with Crippen molar-refractivity contribution in [1.82, 2.24) is 9.88 Å². The highest BCUT2D eigenvalue weighted by atomic mass is 16.5. The summed E-state index contributed by atoms with van der Waals surface area (Å²) in [6, 6.07) is 11.5. The van der Waals surface area contributed by atoms with E-state index in [1.165, 1.54) is 6.42 Å². The Balaban J connectivity index is 1.61. The Morgan fingerprint density at radius 2 is 1.92 bits per heavy atom. The molecule has 1 amide bonds. The van der Waals surface area contributed by atoms with Gasteiger partial charge in [-0.3, -0.25) is 4.79 Å². The van der Waals surface area contributed by atoms with Crippen molar-refractivity contribution in [3.8, 4) is 5.75 Å². The van der Waals surface area contributed by atoms with E-state index >= 15 is 0 Å². The molecule has 3 rings (SSSR count). The number of carbonyl (C=O) groups is 1. The molecular weight excluding hydrogens is 326 g/mol. The van der Waals surface area contributed by atoms with E-state index in [-0.39, 0.29) is 12.0 Å². The molecule has 0 bridgehead atoms. The molecular formula is C21H27N3O2. The zero-order chi connectivity index (χ0) is 18.5. The van der Waals surface area contributed by atoms with Gasteiger partial charge in [0.25, 0.3) is 5.91 Å². The molecule has 1 saturated heterocycles. The molecule has 1 unspecified atom stereocenters. The molecule has 2 aromatic rings. The number of benzene rings is 1. The van der Waals surface area contributed by atoms with Crippen LogP contribution in [0.1, 0.15) is 44.1 Å². The van der Waals surface area contributed by atoms with Gasteiger partial charge in [-0.15, -0.1) is 0 Å². The Labute approximate surface area is 155 Å². The maximum absolute atomic E-state index is 12.6. The van der Waals surface area contributed by atoms with Crippen LogP contribution in [0.15, 0.2) is 42.6 Å². The van der Waals surface area contributed by atoms with E-state index in [0.29, 0.717) is 11.6 Å². The summed E-state index contributed by atoms with van der Waals surface area (Å²) in [7, 11) is 0. The number of hydrogen-bond acceptors (Lipinski definition) is 4. The van der Waals surface area contributed by atoms with Gasteiger partial charge in [0.15, 0.2) is 0 Å². The predicted octanol–water partition coefficient (Wildman–Crippen LogP) is 4.48. The minimum atomic E-state index is 0.0262. The number of piperidine rings is 1. The summed E-state index contributed by atoms with van der Waals surface area (Å²) in [6.07, 6.45) is 4.13. The quantitative estimate of drug-likeness (QED) is 0.861. The van der Waals surface area contributed by atoms with E-state index in [1.807, 2.05) is 49.1 Å². The first kappa shape index (κ1) is 18.2. The molecule has 1 aliphatic heterocycles. The standard InChI is InChI=1S/C21H27N3O2/c1-15(2)26-19-9-6-17(7-10-19)23-18-8-11-20(22-13-18)21(25)24-12-4-5-16(3)14-24/h6-11,13,15-16,23H,4-5,12,14H2,1-3H3. The Hall–Kier alpha value is -2.56. The van der Waals surface area contributed by atoms with E-state index in [4.69, 9.17) is 4.74 Å². The van der Waals surface area contributed by atoms with Crippen molar-refractivity contribution in [1.29, 1.82) is 0 Å². The van der Waals surface area contributed by atoms with Gasteiger partial charge in [0.2, 0.25) is 0 Å². The first-order chi connectivity index (χ1) is 12.5. The third kappa shape index (κ3) is 4.75. The largest absolute Gasteiger partial charge is 0.491 e. The second-order valence-electron chi connectivity index (χ2n) is 7.25. The number of aromatic nitrogens is 1. The monoisotopic (exact) mass is 353 g/mol. The highest BCUT2D eigenvalue weighted by Gasteiger charge is 2.22. The zero-order valence-electron chi connectivity index (χ0n) is 15.7. The fraction of sp³-hybridized carbons (Fsp3) is 0.429. The summed E-state index contributed by atoms with van der Waals surface area (Å²) in [6.45, 7) is 7.86. The number of amides is 1. The average molecular weight is 353 g/mol. The number of hydrogen-bond donors (Lipinski definition) is 1. The smallest absolute Gasteiger partial charge is 0.272 e. The summed E-state index contributed by atoms with van der Waals surface area (Å²) in [5.41, 5.74) is 2.31. The Morgan fingerprint density at radius 3 is 2.54 bits per heavy atom. The molecule has 0 saturated carbocycles. The lowest BCUT2D eigenvalue weighted by Gasteiger charge is -2.30. The molecule has 2 heterocycles. The van der Waals surface area contributed by atoms with Crippen LogP contribution < -0.4 is 10.1 Å². The van der Waals surface area contributed by atoms with Crippen molar-refractivity contribution in [3.05, 3.63) is 48.3 Å². The molecule has 0 spiro atoms. The average Bonchev–Trinajstić information content (AvgIpc) is 2.63. The van der Waals surface area contributed by atoms with Crippen LogP contribution in [0.2, 0.25) is 0 Å². The minimum Gasteiger partial charge on any atom is -0.491 e. The number of likely N-dealkylation sites (tertiary alicyclic amines) is 1. The van der Waals surface area contributed by atoms with Gasteiger partial charge in [-0.1, -0.05) is 6.92 Å². The summed E-state index contributed by atoms with van der Waals surface area (Å²) >= 11 is 0. The van der Waals surface area contributed by atoms with Crippen LogP contribution in [0, 0.1) is 5.92 Å². The molecule has 26 heavy (non-hydrogen) atoms. The highest BCUT2D eigenvalue weighted by molar-refractivity contribution is 5.92. The van der Waals surface area contributed by atoms with Crippen LogP contribution in [0.3, 0.4) is 0 Å². The minimum absolute atomic E-state index is 0.0262. The molecule has 138 valence electrons. The summed E-state index contributed by atoms with van der Waals surface area (Å²) in [4.78, 5) is 18.8. The summed E-state index contributed by atoms with van der Waals surface area (Å²) in [5.74, 6) is 1.44. The maximum atomic E-state index is 12.6. The van der Waals surface area contributed by atoms with Gasteiger partial charge in [-0.05, 0) is 69.0 Å². The Morgan fingerprint density at radius 1 is 1.19 bits per heavy atom. The summed E-state index contributed by atoms with van der Waals surface area (Å²) in [5, 5.41) is 3.29. The molecule has 1 N–H and O–H groups in total. The fourth-order valence-electron chi connectivity index (χ4n) is 3.19. The van der Waals surface area contributed by atoms with E-state index < -0.39 is 0 Å². The van der Waals surface area contributed by atoms with E-state index in [0.717, 1.165) is 36.6 Å². The lowest BCUT2D eigenvalue weighted by atomic mass is 10.00. The van der Waals surface area contributed by atoms with Crippen LogP contribution in [0.5, 0.6) is 5.75 Å². The second kappa shape index (κ2) is 8.21. The van der Waals surface area contributed by atoms with Gasteiger partial charge in [-0.2, -0.15) is 0 Å². The van der Waals surface area contributed by atoms with Gasteiger partial charge in [-0.25, -0.2) is 4.98 Å². The first-order valence-corrected chi connectivity index (χ1v) is 9.30. The van der Waals surface area contributed by atoms with E-state index in [1.54, 1.807) is 12.3 Å². The molecule has 1 aliphatic rings. The molecule has 5 nitrogen and oxygen atoms in total. The molecule has 0 aliphatic carbocycles. The molecule has 1 atom stereocenters. The zero-order valence-corrected chi connectivity index (χ0v) is 15.7. The van der Waals surface area contributed by atoms with Crippen molar-refractivity contribution in [3.63, 3.8) is 0 Å². The van der Waals surface area contributed by atoms with Crippen molar-refractivity contribution in [2.45, 2.75) is 39.7 Å². The number of ether oxygens (including phenoxy) is 1. The SMILES string of the molecule is CC1CCCN(C(=O)c2ccc(Nc3ccc(OC(C)C)cc3)cn2)C1. The normalized spacial score (nSPS) is 17.2. The van der Waals surface area contributed by atoms with Gasteiger partial charge in [0.1, 0.15) is 11.4 Å². The Kier molecular flexibility index (Phi) is 5.76. The van der Waals surface area contributed by atoms with E-state index in [9.17, 15) is 4.79 Å². The second-order valence-corrected chi connectivity index (χ2v) is 7.25. The predicted molar refractivity (Wildman–Crippen MR) is 104 cm³/mol. The number of anilines is 2. The third-order valence-electron chi connectivity index (χ3n) is 4.44. The molecule has 1 fully saturated rings. The highest BCUT2D eigenvalue weighted by Crippen LogP contribution is 2.21. The van der Waals surface area contributed by atoms with Crippen LogP contribution in [0.25, 0.3) is 0 Å². The lowest BCUT2D eigenvalue weighted by Crippen LogP contribution is -2.39. The maximum Gasteiger partial charge on any atom is 0.272 e. The van der Waals surface area contributed by atoms with Crippen molar-refractivity contribution in [2.24, 2.45) is 5.92 Å². The number of pyridine rings is 1. The topological polar surface area (TPSA) is 54.5 Å². The third-order valence-corrected chi connectivity index (χ3v) is 4.44. The first-order valence-electron chi connectivity index (χ1n) is 9.30. The van der Waals surface area contributed by atoms with Crippen LogP contribution in [-0.4, -0.2) is 35.0 Å². The van der Waals surface area contributed by atoms with Gasteiger partial charge in [0, 0.05) is 18.8 Å². The fourth-order valence-corrected chi connectivity index (χ4v) is 3.19. The van der Waals surface area contributed by atoms with Crippen molar-refractivity contribution < 1.29 is 9.53 Å². The molecule has 5 heteroatoms. The lowest BCUT2D eigenvalue weighted by molar-refractivity contribution is 0.0677. The van der Waals surface area contributed by atoms with Gasteiger partial charge >= 0.3 is 0 Å². The van der Waals surface area contributed by atoms with Gasteiger partial charge in [0.05, 0.1) is 18.0 Å². The number of carbonyl (C=O) groups excluding carboxylic acids is 1. The molecule has 1 aromatic heterocycles. The van der Waals surface area contributed by atoms with Gasteiger partial charge < -0.3 is 15.0 Å². The van der Waals surface area contributed by atoms with E-state index in [2.05, 4.69) is 17.2 Å². The number of nitrogens with one attached hydrogen (secondary N) is 1. The van der Waals surface area contributed by atoms with Crippen molar-refractivity contribution in [2.75, 3.05) is 18.4 Å². The summed E-state index contributed by atoms with van der Waals surface area (Å²) < 4.78 is 5.64. The number of nitrogens with zero attached hydrogens (tertiary/aromatic N) is 2. The van der Waals surface area contributed by atoms with Crippen LogP contribution >= 0.6 is 0 Å². The molecule has 0 radical (unpaired) electrons. The number of rotatable bonds is 5. The van der Waals surface area contributed by atoms with Crippen LogP contribution in [-0.2, 0) is 0 Å². The Bertz CT molecular complexity index is 726. The van der Waals surface area contributed by atoms with Crippen LogP contribution in [0.4, 0.5) is 11.4 Å². The molecule has 1 aromatic carbocycles.